The molecule has 5 unspecified atom stereocenters. The van der Waals surface area contributed by atoms with Crippen LogP contribution in [0.3, 0.4) is 0 Å². The molecule has 0 aromatic carbocycles. The van der Waals surface area contributed by atoms with Gasteiger partial charge in [0.2, 0.25) is 0 Å². The van der Waals surface area contributed by atoms with Crippen molar-refractivity contribution in [2.45, 2.75) is 6.42 Å². The fourth-order valence-electron chi connectivity index (χ4n) is 3.48. The summed E-state index contributed by atoms with van der Waals surface area (Å²) in [6.07, 6.45) is 13.5. The van der Waals surface area contributed by atoms with Crippen molar-refractivity contribution in [2.24, 2.45) is 29.6 Å². The molecule has 2 nitrogen and oxygen atoms in total. The van der Waals surface area contributed by atoms with Gasteiger partial charge in [0.25, 0.3) is 0 Å². The minimum atomic E-state index is -0.842. The Bertz CT molecular complexity index is 383. The fourth-order valence-corrected chi connectivity index (χ4v) is 3.48. The number of carbonyl (C=O) groups is 1. The van der Waals surface area contributed by atoms with Crippen molar-refractivity contribution in [3.8, 4) is 0 Å². The molecule has 3 rings (SSSR count). The normalized spacial score (nSPS) is 42.6. The van der Waals surface area contributed by atoms with Gasteiger partial charge in [-0.2, -0.15) is 0 Å². The molecule has 5 atom stereocenters. The molecular formula is C13H14O2S. The molecule has 1 N–H and O–H groups in total. The number of carboxylic acid groups (broad SMARTS) is 1. The number of aliphatic carboxylic acids is 1. The van der Waals surface area contributed by atoms with Crippen LogP contribution in [0.25, 0.3) is 0 Å². The summed E-state index contributed by atoms with van der Waals surface area (Å²) < 4.78 is 0. The van der Waals surface area contributed by atoms with Gasteiger partial charge < -0.3 is 5.11 Å². The Morgan fingerprint density at radius 1 is 1.19 bits per heavy atom. The second-order valence-corrected chi connectivity index (χ2v) is 4.76. The molecule has 16 heavy (non-hydrogen) atoms. The van der Waals surface area contributed by atoms with Crippen LogP contribution in [0.15, 0.2) is 36.5 Å². The van der Waals surface area contributed by atoms with E-state index in [0.717, 1.165) is 5.92 Å². The summed E-state index contributed by atoms with van der Waals surface area (Å²) in [6.45, 7) is 0. The van der Waals surface area contributed by atoms with E-state index < -0.39 is 5.97 Å². The van der Waals surface area contributed by atoms with Gasteiger partial charge >= 0.3 is 5.97 Å². The highest BCUT2D eigenvalue weighted by Gasteiger charge is 2.47. The molecule has 3 heteroatoms. The van der Waals surface area contributed by atoms with Gasteiger partial charge in [0, 0.05) is 19.6 Å². The van der Waals surface area contributed by atoms with Crippen LogP contribution in [0.5, 0.6) is 0 Å². The second-order valence-electron chi connectivity index (χ2n) is 4.76. The first-order valence-electron chi connectivity index (χ1n) is 5.53. The summed E-state index contributed by atoms with van der Waals surface area (Å²) in [6, 6.07) is 0. The van der Waals surface area contributed by atoms with E-state index in [0.29, 0.717) is 23.7 Å². The van der Waals surface area contributed by atoms with Crippen LogP contribution in [0.4, 0.5) is 0 Å². The van der Waals surface area contributed by atoms with E-state index in [1.54, 1.807) is 0 Å². The molecule has 0 spiro atoms. The van der Waals surface area contributed by atoms with Gasteiger partial charge in [-0.25, -0.2) is 4.79 Å². The molecule has 1 fully saturated rings. The average molecular weight is 234 g/mol. The van der Waals surface area contributed by atoms with Crippen molar-refractivity contribution >= 4 is 19.5 Å². The van der Waals surface area contributed by atoms with E-state index in [1.165, 1.54) is 12.5 Å². The highest BCUT2D eigenvalue weighted by molar-refractivity contribution is 7.59. The maximum Gasteiger partial charge on any atom is 0.327 e. The van der Waals surface area contributed by atoms with Crippen molar-refractivity contribution < 1.29 is 9.90 Å². The largest absolute Gasteiger partial charge is 0.478 e. The number of rotatable bonds is 2. The summed E-state index contributed by atoms with van der Waals surface area (Å²) >= 11 is 0. The van der Waals surface area contributed by atoms with Crippen LogP contribution < -0.4 is 0 Å². The molecule has 0 aliphatic heterocycles. The second kappa shape index (κ2) is 4.13. The molecule has 0 saturated heterocycles. The van der Waals surface area contributed by atoms with E-state index in [2.05, 4.69) is 24.3 Å². The quantitative estimate of drug-likeness (QED) is 0.589. The molecular weight excluding hydrogens is 220 g/mol. The summed E-state index contributed by atoms with van der Waals surface area (Å²) in [7, 11) is 0. The highest BCUT2D eigenvalue weighted by Crippen LogP contribution is 2.55. The lowest BCUT2D eigenvalue weighted by Crippen LogP contribution is -2.19. The predicted molar refractivity (Wildman–Crippen MR) is 64.7 cm³/mol. The minimum Gasteiger partial charge on any atom is -0.478 e. The van der Waals surface area contributed by atoms with E-state index in [4.69, 9.17) is 5.11 Å². The molecule has 2 bridgehead atoms. The van der Waals surface area contributed by atoms with Gasteiger partial charge in [0.05, 0.1) is 0 Å². The molecule has 0 aromatic rings. The smallest absolute Gasteiger partial charge is 0.327 e. The maximum absolute atomic E-state index is 10.5. The van der Waals surface area contributed by atoms with Gasteiger partial charge in [-0.05, 0) is 36.0 Å². The van der Waals surface area contributed by atoms with Gasteiger partial charge in [-0.15, -0.1) is 0 Å². The first-order valence-corrected chi connectivity index (χ1v) is 5.53. The third-order valence-corrected chi connectivity index (χ3v) is 4.04. The Kier molecular flexibility index (Phi) is 2.98. The Morgan fingerprint density at radius 3 is 2.69 bits per heavy atom. The van der Waals surface area contributed by atoms with E-state index in [9.17, 15) is 4.79 Å². The number of fused-ring (bicyclic) bond motifs is 5. The van der Waals surface area contributed by atoms with Crippen molar-refractivity contribution in [1.82, 2.24) is 0 Å². The number of hydrogen-bond donors (Lipinski definition) is 1. The Hall–Kier alpha value is -0.960. The fraction of sp³-hybridized carbons (Fsp3) is 0.462. The average Bonchev–Trinajstić information content (AvgIpc) is 2.87. The minimum absolute atomic E-state index is 0. The topological polar surface area (TPSA) is 37.3 Å². The molecule has 0 aromatic heterocycles. The third-order valence-electron chi connectivity index (χ3n) is 4.04. The van der Waals surface area contributed by atoms with Gasteiger partial charge in [0.15, 0.2) is 0 Å². The van der Waals surface area contributed by atoms with E-state index >= 15 is 0 Å². The monoisotopic (exact) mass is 234 g/mol. The summed E-state index contributed by atoms with van der Waals surface area (Å²) in [5.74, 6) is 2.20. The van der Waals surface area contributed by atoms with Crippen LogP contribution >= 0.6 is 13.5 Å². The lowest BCUT2D eigenvalue weighted by molar-refractivity contribution is -0.131. The first-order chi connectivity index (χ1) is 7.25. The highest BCUT2D eigenvalue weighted by atomic mass is 32.1. The molecule has 3 aliphatic rings. The predicted octanol–water partition coefficient (Wildman–Crippen LogP) is 2.90. The zero-order valence-electron chi connectivity index (χ0n) is 8.82. The van der Waals surface area contributed by atoms with Crippen LogP contribution in [0, 0.1) is 29.6 Å². The maximum atomic E-state index is 10.5. The Balaban J connectivity index is 0.000000963. The lowest BCUT2D eigenvalue weighted by Gasteiger charge is -2.24. The molecule has 1 saturated carbocycles. The first kappa shape index (κ1) is 11.5. The number of allylic oxidation sites excluding steroid dienone is 5. The zero-order chi connectivity index (χ0) is 10.4. The molecule has 84 valence electrons. The van der Waals surface area contributed by atoms with Crippen molar-refractivity contribution in [3.05, 3.63) is 36.5 Å². The molecule has 0 heterocycles. The van der Waals surface area contributed by atoms with Crippen molar-refractivity contribution in [1.29, 1.82) is 0 Å². The standard InChI is InChI=1S/C13H14O2.S/c14-12(15)6-4-8-3-5-11-9-1-2-10(7-9)13(8)11;/h1-6,8-11,13H,7H2,(H,14,15);. The van der Waals surface area contributed by atoms with Crippen LogP contribution in [-0.2, 0) is 4.79 Å². The Labute approximate surface area is 102 Å². The third kappa shape index (κ3) is 1.63. The van der Waals surface area contributed by atoms with Gasteiger partial charge in [-0.3, -0.25) is 0 Å². The van der Waals surface area contributed by atoms with Crippen LogP contribution in [-0.4, -0.2) is 11.1 Å². The van der Waals surface area contributed by atoms with Crippen molar-refractivity contribution in [2.75, 3.05) is 0 Å². The lowest BCUT2D eigenvalue weighted by atomic mass is 9.80. The van der Waals surface area contributed by atoms with E-state index in [-0.39, 0.29) is 13.5 Å². The zero-order valence-corrected chi connectivity index (χ0v) is 9.64. The molecule has 0 amide bonds. The molecule has 3 aliphatic carbocycles. The van der Waals surface area contributed by atoms with Crippen molar-refractivity contribution in [3.63, 3.8) is 0 Å². The number of carboxylic acids is 1. The summed E-state index contributed by atoms with van der Waals surface area (Å²) in [5, 5.41) is 8.62. The Morgan fingerprint density at radius 2 is 1.94 bits per heavy atom. The van der Waals surface area contributed by atoms with E-state index in [1.807, 2.05) is 6.08 Å². The van der Waals surface area contributed by atoms with Crippen LogP contribution in [0.2, 0.25) is 0 Å². The number of hydrogen-bond acceptors (Lipinski definition) is 1. The van der Waals surface area contributed by atoms with Gasteiger partial charge in [-0.1, -0.05) is 30.4 Å². The van der Waals surface area contributed by atoms with Gasteiger partial charge in [0.1, 0.15) is 0 Å². The molecule has 2 radical (unpaired) electrons. The van der Waals surface area contributed by atoms with Crippen LogP contribution in [0.1, 0.15) is 6.42 Å². The SMILES string of the molecule is O=C(O)C=CC1C=CC2C3C=CC(C3)C12.[S]. The summed E-state index contributed by atoms with van der Waals surface area (Å²) in [5.41, 5.74) is 0. The summed E-state index contributed by atoms with van der Waals surface area (Å²) in [4.78, 5) is 10.5.